The summed E-state index contributed by atoms with van der Waals surface area (Å²) in [7, 11) is 0. The highest BCUT2D eigenvalue weighted by atomic mass is 16.5. The third-order valence-electron chi connectivity index (χ3n) is 5.22. The number of carbonyl (C=O) groups excluding carboxylic acids is 3. The summed E-state index contributed by atoms with van der Waals surface area (Å²) in [6, 6.07) is 22.6. The summed E-state index contributed by atoms with van der Waals surface area (Å²) in [6.07, 6.45) is 1.93. The zero-order valence-corrected chi connectivity index (χ0v) is 17.6. The Balaban J connectivity index is 1.55. The SMILES string of the molecule is CCOC(=O)[C@H](Cc1ccc(N=Cc2ccccc2)cc1)N1C(=O)c2ccccc2C1=O. The number of esters is 1. The molecule has 0 saturated heterocycles. The van der Waals surface area contributed by atoms with Crippen molar-refractivity contribution in [2.75, 3.05) is 6.61 Å². The molecule has 160 valence electrons. The summed E-state index contributed by atoms with van der Waals surface area (Å²) in [4.78, 5) is 44.0. The molecule has 1 aliphatic heterocycles. The van der Waals surface area contributed by atoms with Crippen molar-refractivity contribution in [3.63, 3.8) is 0 Å². The maximum absolute atomic E-state index is 12.9. The number of benzene rings is 3. The first-order chi connectivity index (χ1) is 15.6. The van der Waals surface area contributed by atoms with Crippen molar-refractivity contribution in [2.24, 2.45) is 4.99 Å². The van der Waals surface area contributed by atoms with Crippen LogP contribution < -0.4 is 0 Å². The van der Waals surface area contributed by atoms with Crippen molar-refractivity contribution < 1.29 is 19.1 Å². The molecular weight excluding hydrogens is 404 g/mol. The molecule has 1 atom stereocenters. The Hall–Kier alpha value is -4.06. The molecule has 6 heteroatoms. The van der Waals surface area contributed by atoms with E-state index in [4.69, 9.17) is 4.74 Å². The number of ether oxygens (including phenoxy) is 1. The van der Waals surface area contributed by atoms with Gasteiger partial charge in [-0.2, -0.15) is 0 Å². The molecule has 1 aliphatic rings. The van der Waals surface area contributed by atoms with Gasteiger partial charge in [0.25, 0.3) is 11.8 Å². The Morgan fingerprint density at radius 1 is 0.906 bits per heavy atom. The quantitative estimate of drug-likeness (QED) is 0.322. The van der Waals surface area contributed by atoms with Crippen molar-refractivity contribution in [1.82, 2.24) is 4.90 Å². The van der Waals surface area contributed by atoms with Gasteiger partial charge >= 0.3 is 5.97 Å². The Kier molecular flexibility index (Phi) is 6.22. The molecule has 0 radical (unpaired) electrons. The fourth-order valence-corrected chi connectivity index (χ4v) is 3.64. The lowest BCUT2D eigenvalue weighted by molar-refractivity contribution is -0.147. The lowest BCUT2D eigenvalue weighted by Crippen LogP contribution is -2.47. The van der Waals surface area contributed by atoms with E-state index in [0.29, 0.717) is 11.1 Å². The molecule has 3 aromatic carbocycles. The summed E-state index contributed by atoms with van der Waals surface area (Å²) >= 11 is 0. The van der Waals surface area contributed by atoms with Crippen LogP contribution in [-0.4, -0.2) is 41.5 Å². The summed E-state index contributed by atoms with van der Waals surface area (Å²) < 4.78 is 5.19. The zero-order valence-electron chi connectivity index (χ0n) is 17.6. The summed E-state index contributed by atoms with van der Waals surface area (Å²) in [5.74, 6) is -1.56. The number of aliphatic imine (C=N–C) groups is 1. The maximum atomic E-state index is 12.9. The molecule has 0 spiro atoms. The highest BCUT2D eigenvalue weighted by molar-refractivity contribution is 6.22. The van der Waals surface area contributed by atoms with Crippen LogP contribution >= 0.6 is 0 Å². The highest BCUT2D eigenvalue weighted by Gasteiger charge is 2.43. The van der Waals surface area contributed by atoms with Gasteiger partial charge in [0.15, 0.2) is 0 Å². The van der Waals surface area contributed by atoms with E-state index in [0.717, 1.165) is 21.7 Å². The van der Waals surface area contributed by atoms with E-state index in [1.165, 1.54) is 0 Å². The minimum Gasteiger partial charge on any atom is -0.464 e. The first-order valence-electron chi connectivity index (χ1n) is 10.4. The Morgan fingerprint density at radius 3 is 2.09 bits per heavy atom. The standard InChI is InChI=1S/C26H22N2O4/c1-2-32-26(31)23(28-24(29)21-10-6-7-11-22(21)25(28)30)16-18-12-14-20(15-13-18)27-17-19-8-4-3-5-9-19/h3-15,17,23H,2,16H2,1H3/t23-/m0/s1. The number of hydrogen-bond acceptors (Lipinski definition) is 5. The van der Waals surface area contributed by atoms with Crippen molar-refractivity contribution in [1.29, 1.82) is 0 Å². The lowest BCUT2D eigenvalue weighted by atomic mass is 10.0. The van der Waals surface area contributed by atoms with Gasteiger partial charge in [0.1, 0.15) is 6.04 Å². The van der Waals surface area contributed by atoms with Gasteiger partial charge in [0, 0.05) is 12.6 Å². The summed E-state index contributed by atoms with van der Waals surface area (Å²) in [6.45, 7) is 1.85. The molecule has 0 N–H and O–H groups in total. The van der Waals surface area contributed by atoms with Gasteiger partial charge in [-0.05, 0) is 42.3 Å². The van der Waals surface area contributed by atoms with Crippen LogP contribution in [0.3, 0.4) is 0 Å². The minimum atomic E-state index is -1.04. The van der Waals surface area contributed by atoms with Gasteiger partial charge < -0.3 is 4.74 Å². The van der Waals surface area contributed by atoms with E-state index < -0.39 is 23.8 Å². The average molecular weight is 426 g/mol. The summed E-state index contributed by atoms with van der Waals surface area (Å²) in [5.41, 5.74) is 3.14. The summed E-state index contributed by atoms with van der Waals surface area (Å²) in [5, 5.41) is 0. The molecule has 6 nitrogen and oxygen atoms in total. The third-order valence-corrected chi connectivity index (χ3v) is 5.22. The van der Waals surface area contributed by atoms with Crippen LogP contribution in [0.2, 0.25) is 0 Å². The van der Waals surface area contributed by atoms with Crippen molar-refractivity contribution in [2.45, 2.75) is 19.4 Å². The van der Waals surface area contributed by atoms with Crippen molar-refractivity contribution in [3.8, 4) is 0 Å². The maximum Gasteiger partial charge on any atom is 0.329 e. The third kappa shape index (κ3) is 4.34. The topological polar surface area (TPSA) is 76.0 Å². The van der Waals surface area contributed by atoms with Gasteiger partial charge in [-0.15, -0.1) is 0 Å². The molecular formula is C26H22N2O4. The molecule has 1 heterocycles. The molecule has 0 saturated carbocycles. The van der Waals surface area contributed by atoms with Crippen LogP contribution in [-0.2, 0) is 16.0 Å². The number of nitrogens with zero attached hydrogens (tertiary/aromatic N) is 2. The second-order valence-electron chi connectivity index (χ2n) is 7.33. The highest BCUT2D eigenvalue weighted by Crippen LogP contribution is 2.27. The Bertz CT molecular complexity index is 1130. The number of rotatable bonds is 7. The van der Waals surface area contributed by atoms with E-state index in [2.05, 4.69) is 4.99 Å². The second kappa shape index (κ2) is 9.39. The molecule has 0 fully saturated rings. The smallest absolute Gasteiger partial charge is 0.329 e. The van der Waals surface area contributed by atoms with Crippen LogP contribution in [0.1, 0.15) is 38.8 Å². The monoisotopic (exact) mass is 426 g/mol. The molecule has 0 unspecified atom stereocenters. The number of fused-ring (bicyclic) bond motifs is 1. The molecule has 3 aromatic rings. The van der Waals surface area contributed by atoms with Crippen LogP contribution in [0.15, 0.2) is 83.9 Å². The zero-order chi connectivity index (χ0) is 22.5. The largest absolute Gasteiger partial charge is 0.464 e. The van der Waals surface area contributed by atoms with Gasteiger partial charge in [0.05, 0.1) is 23.4 Å². The lowest BCUT2D eigenvalue weighted by Gasteiger charge is -2.24. The predicted octanol–water partition coefficient (Wildman–Crippen LogP) is 4.21. The molecule has 0 aliphatic carbocycles. The molecule has 0 bridgehead atoms. The van der Waals surface area contributed by atoms with E-state index in [9.17, 15) is 14.4 Å². The molecule has 2 amide bonds. The van der Waals surface area contributed by atoms with Crippen LogP contribution in [0.4, 0.5) is 5.69 Å². The van der Waals surface area contributed by atoms with Gasteiger partial charge in [0.2, 0.25) is 0 Å². The minimum absolute atomic E-state index is 0.158. The normalized spacial score (nSPS) is 14.0. The van der Waals surface area contributed by atoms with Crippen molar-refractivity contribution in [3.05, 3.63) is 101 Å². The van der Waals surface area contributed by atoms with Crippen LogP contribution in [0, 0.1) is 0 Å². The average Bonchev–Trinajstić information content (AvgIpc) is 3.08. The number of amides is 2. The van der Waals surface area contributed by atoms with E-state index in [1.807, 2.05) is 54.6 Å². The number of imide groups is 1. The van der Waals surface area contributed by atoms with Gasteiger partial charge in [-0.1, -0.05) is 54.6 Å². The van der Waals surface area contributed by atoms with Gasteiger partial charge in [-0.3, -0.25) is 19.5 Å². The fourth-order valence-electron chi connectivity index (χ4n) is 3.64. The first kappa shape index (κ1) is 21.2. The fraction of sp³-hybridized carbons (Fsp3) is 0.154. The predicted molar refractivity (Wildman–Crippen MR) is 121 cm³/mol. The van der Waals surface area contributed by atoms with E-state index in [1.54, 1.807) is 37.4 Å². The Labute approximate surface area is 186 Å². The Morgan fingerprint density at radius 2 is 1.50 bits per heavy atom. The molecule has 0 aromatic heterocycles. The molecule has 32 heavy (non-hydrogen) atoms. The van der Waals surface area contributed by atoms with E-state index >= 15 is 0 Å². The first-order valence-corrected chi connectivity index (χ1v) is 10.4. The number of hydrogen-bond donors (Lipinski definition) is 0. The van der Waals surface area contributed by atoms with Gasteiger partial charge in [-0.25, -0.2) is 4.79 Å². The van der Waals surface area contributed by atoms with Crippen molar-refractivity contribution >= 4 is 29.7 Å². The number of carbonyl (C=O) groups is 3. The second-order valence-corrected chi connectivity index (χ2v) is 7.33. The van der Waals surface area contributed by atoms with Crippen LogP contribution in [0.5, 0.6) is 0 Å². The van der Waals surface area contributed by atoms with Crippen LogP contribution in [0.25, 0.3) is 0 Å². The molecule has 4 rings (SSSR count). The van der Waals surface area contributed by atoms with E-state index in [-0.39, 0.29) is 13.0 Å².